The maximum atomic E-state index is 13.2. The maximum Gasteiger partial charge on any atom is 0.322 e. The van der Waals surface area contributed by atoms with Crippen molar-refractivity contribution in [2.75, 3.05) is 20.1 Å². The van der Waals surface area contributed by atoms with Crippen LogP contribution in [-0.2, 0) is 11.2 Å². The number of halogens is 2. The van der Waals surface area contributed by atoms with Crippen LogP contribution < -0.4 is 5.32 Å². The summed E-state index contributed by atoms with van der Waals surface area (Å²) >= 11 is 12.2. The zero-order valence-electron chi connectivity index (χ0n) is 15.2. The first-order valence-corrected chi connectivity index (χ1v) is 9.62. The molecular formula is C20H18Cl2N4O2. The first-order chi connectivity index (χ1) is 13.5. The normalized spacial score (nSPS) is 19.2. The van der Waals surface area contributed by atoms with Gasteiger partial charge in [-0.15, -0.1) is 0 Å². The van der Waals surface area contributed by atoms with Crippen molar-refractivity contribution in [1.82, 2.24) is 20.1 Å². The van der Waals surface area contributed by atoms with Crippen LogP contribution in [-0.4, -0.2) is 46.9 Å². The minimum absolute atomic E-state index is 0.0890. The number of carbonyl (C=O) groups excluding carboxylic acids is 2. The maximum absolute atomic E-state index is 13.2. The second-order valence-corrected chi connectivity index (χ2v) is 7.59. The second-order valence-electron chi connectivity index (χ2n) is 6.77. The van der Waals surface area contributed by atoms with E-state index in [4.69, 9.17) is 23.2 Å². The molecule has 28 heavy (non-hydrogen) atoms. The minimum atomic E-state index is -0.555. The van der Waals surface area contributed by atoms with Gasteiger partial charge in [-0.25, -0.2) is 4.79 Å². The number of aromatic nitrogens is 1. The number of hydrogen-bond acceptors (Lipinski definition) is 3. The zero-order chi connectivity index (χ0) is 19.8. The molecule has 0 spiro atoms. The molecule has 0 bridgehead atoms. The van der Waals surface area contributed by atoms with E-state index in [0.717, 1.165) is 11.3 Å². The third-order valence-electron chi connectivity index (χ3n) is 5.08. The number of nitrogens with one attached hydrogen (secondary N) is 1. The van der Waals surface area contributed by atoms with Crippen molar-refractivity contribution in [3.05, 3.63) is 75.2 Å². The summed E-state index contributed by atoms with van der Waals surface area (Å²) in [4.78, 5) is 33.2. The molecular weight excluding hydrogens is 399 g/mol. The Balaban J connectivity index is 1.61. The van der Waals surface area contributed by atoms with Crippen molar-refractivity contribution in [3.8, 4) is 0 Å². The van der Waals surface area contributed by atoms with Gasteiger partial charge in [0.1, 0.15) is 0 Å². The Morgan fingerprint density at radius 1 is 1.18 bits per heavy atom. The summed E-state index contributed by atoms with van der Waals surface area (Å²) in [5.41, 5.74) is 2.93. The average molecular weight is 417 g/mol. The van der Waals surface area contributed by atoms with Crippen LogP contribution in [0.3, 0.4) is 0 Å². The fraction of sp³-hybridized carbons (Fsp3) is 0.250. The lowest BCUT2D eigenvalue weighted by atomic mass is 9.96. The van der Waals surface area contributed by atoms with Crippen LogP contribution in [0.5, 0.6) is 0 Å². The number of amides is 3. The summed E-state index contributed by atoms with van der Waals surface area (Å²) in [6.45, 7) is 0.918. The Kier molecular flexibility index (Phi) is 5.00. The number of pyridine rings is 1. The van der Waals surface area contributed by atoms with Gasteiger partial charge in [-0.1, -0.05) is 35.3 Å². The monoisotopic (exact) mass is 416 g/mol. The van der Waals surface area contributed by atoms with Gasteiger partial charge in [0.2, 0.25) is 0 Å². The summed E-state index contributed by atoms with van der Waals surface area (Å²) in [5.74, 6) is -0.0890. The molecule has 2 aromatic rings. The molecule has 4 rings (SSSR count). The van der Waals surface area contributed by atoms with E-state index in [1.165, 1.54) is 4.90 Å². The summed E-state index contributed by atoms with van der Waals surface area (Å²) < 4.78 is 0. The lowest BCUT2D eigenvalue weighted by molar-refractivity contribution is -0.125. The first-order valence-electron chi connectivity index (χ1n) is 8.87. The van der Waals surface area contributed by atoms with Crippen LogP contribution in [0.2, 0.25) is 10.0 Å². The van der Waals surface area contributed by atoms with Crippen molar-refractivity contribution >= 4 is 35.1 Å². The van der Waals surface area contributed by atoms with Crippen molar-refractivity contribution in [3.63, 3.8) is 0 Å². The van der Waals surface area contributed by atoms with Gasteiger partial charge in [-0.05, 0) is 29.8 Å². The number of carbonyl (C=O) groups is 2. The van der Waals surface area contributed by atoms with E-state index in [1.807, 2.05) is 18.2 Å². The molecule has 0 fully saturated rings. The van der Waals surface area contributed by atoms with E-state index in [-0.39, 0.29) is 11.9 Å². The molecule has 0 aliphatic carbocycles. The van der Waals surface area contributed by atoms with E-state index in [9.17, 15) is 9.59 Å². The van der Waals surface area contributed by atoms with E-state index in [0.29, 0.717) is 40.8 Å². The van der Waals surface area contributed by atoms with Crippen LogP contribution in [0, 0.1) is 0 Å². The van der Waals surface area contributed by atoms with E-state index in [2.05, 4.69) is 10.3 Å². The number of hydrogen-bond donors (Lipinski definition) is 1. The Morgan fingerprint density at radius 3 is 2.71 bits per heavy atom. The predicted molar refractivity (Wildman–Crippen MR) is 107 cm³/mol. The number of likely N-dealkylation sites (N-methyl/N-ethyl adjacent to an activating group) is 1. The van der Waals surface area contributed by atoms with Gasteiger partial charge < -0.3 is 10.2 Å². The van der Waals surface area contributed by atoms with Crippen LogP contribution in [0.25, 0.3) is 0 Å². The van der Waals surface area contributed by atoms with Gasteiger partial charge in [0.15, 0.2) is 0 Å². The molecule has 6 nitrogen and oxygen atoms in total. The van der Waals surface area contributed by atoms with Gasteiger partial charge in [0.05, 0.1) is 33.9 Å². The van der Waals surface area contributed by atoms with Crippen LogP contribution in [0.15, 0.2) is 53.9 Å². The molecule has 8 heteroatoms. The standard InChI is InChI=1S/C20H18Cl2N4O2/c1-25-16-11-26(9-7-13-4-2-3-8-23-13)19(27)17(16)18(24-20(25)28)12-5-6-14(21)15(22)10-12/h2-6,8,10,18H,7,9,11H2,1H3,(H,24,28)/t18-/m0/s1. The lowest BCUT2D eigenvalue weighted by Crippen LogP contribution is -2.45. The summed E-state index contributed by atoms with van der Waals surface area (Å²) in [6.07, 6.45) is 2.39. The number of rotatable bonds is 4. The van der Waals surface area contributed by atoms with Crippen LogP contribution in [0.1, 0.15) is 17.3 Å². The van der Waals surface area contributed by atoms with Crippen molar-refractivity contribution in [1.29, 1.82) is 0 Å². The molecule has 2 aliphatic heterocycles. The molecule has 0 saturated carbocycles. The number of urea groups is 1. The highest BCUT2D eigenvalue weighted by Gasteiger charge is 2.42. The molecule has 2 aliphatic rings. The number of nitrogens with zero attached hydrogens (tertiary/aromatic N) is 3. The van der Waals surface area contributed by atoms with Crippen molar-refractivity contribution in [2.24, 2.45) is 0 Å². The molecule has 3 heterocycles. The van der Waals surface area contributed by atoms with Crippen LogP contribution >= 0.6 is 23.2 Å². The topological polar surface area (TPSA) is 65.5 Å². The highest BCUT2D eigenvalue weighted by Crippen LogP contribution is 2.37. The molecule has 1 aromatic carbocycles. The van der Waals surface area contributed by atoms with Gasteiger partial charge in [0.25, 0.3) is 5.91 Å². The summed E-state index contributed by atoms with van der Waals surface area (Å²) in [6, 6.07) is 10.0. The quantitative estimate of drug-likeness (QED) is 0.829. The first kappa shape index (κ1) is 18.8. The molecule has 1 N–H and O–H groups in total. The van der Waals surface area contributed by atoms with Gasteiger partial charge in [-0.2, -0.15) is 0 Å². The lowest BCUT2D eigenvalue weighted by Gasteiger charge is -2.31. The largest absolute Gasteiger partial charge is 0.333 e. The molecule has 0 saturated heterocycles. The van der Waals surface area contributed by atoms with E-state index < -0.39 is 6.04 Å². The molecule has 1 aromatic heterocycles. The average Bonchev–Trinajstić information content (AvgIpc) is 3.03. The number of benzene rings is 1. The molecule has 0 radical (unpaired) electrons. The molecule has 1 atom stereocenters. The summed E-state index contributed by atoms with van der Waals surface area (Å²) in [7, 11) is 1.67. The SMILES string of the molecule is CN1C(=O)N[C@@H](c2ccc(Cl)c(Cl)c2)C2=C1CN(CCc1ccccn1)C2=O. The third-order valence-corrected chi connectivity index (χ3v) is 5.82. The van der Waals surface area contributed by atoms with Gasteiger partial charge in [-0.3, -0.25) is 14.7 Å². The van der Waals surface area contributed by atoms with Crippen molar-refractivity contribution < 1.29 is 9.59 Å². The molecule has 3 amide bonds. The zero-order valence-corrected chi connectivity index (χ0v) is 16.7. The highest BCUT2D eigenvalue weighted by atomic mass is 35.5. The Morgan fingerprint density at radius 2 is 2.00 bits per heavy atom. The Labute approximate surface area is 172 Å². The Bertz CT molecular complexity index is 977. The fourth-order valence-electron chi connectivity index (χ4n) is 3.54. The predicted octanol–water partition coefficient (Wildman–Crippen LogP) is 3.42. The van der Waals surface area contributed by atoms with Gasteiger partial charge >= 0.3 is 6.03 Å². The van der Waals surface area contributed by atoms with Gasteiger partial charge in [0, 0.05) is 31.9 Å². The fourth-order valence-corrected chi connectivity index (χ4v) is 3.85. The second kappa shape index (κ2) is 7.45. The Hall–Kier alpha value is -2.57. The smallest absolute Gasteiger partial charge is 0.322 e. The van der Waals surface area contributed by atoms with E-state index in [1.54, 1.807) is 36.3 Å². The molecule has 0 unspecified atom stereocenters. The highest BCUT2D eigenvalue weighted by molar-refractivity contribution is 6.42. The third kappa shape index (κ3) is 3.34. The van der Waals surface area contributed by atoms with E-state index >= 15 is 0 Å². The molecule has 144 valence electrons. The summed E-state index contributed by atoms with van der Waals surface area (Å²) in [5, 5.41) is 3.70. The van der Waals surface area contributed by atoms with Crippen LogP contribution in [0.4, 0.5) is 4.79 Å². The van der Waals surface area contributed by atoms with Crippen molar-refractivity contribution in [2.45, 2.75) is 12.5 Å². The minimum Gasteiger partial charge on any atom is -0.333 e.